The number of hydrogen-bond donors (Lipinski definition) is 2. The second-order valence-corrected chi connectivity index (χ2v) is 5.99. The van der Waals surface area contributed by atoms with Crippen LogP contribution in [-0.4, -0.2) is 36.9 Å². The molecule has 0 unspecified atom stereocenters. The van der Waals surface area contributed by atoms with Crippen molar-refractivity contribution in [2.75, 3.05) is 26.5 Å². The topological polar surface area (TPSA) is 99.4 Å². The SMILES string of the molecule is CCCNC(=O)c1nnc2c(-c3ccc(OC)c(OC)c3)cccc2c1N. The van der Waals surface area contributed by atoms with Crippen LogP contribution in [0, 0.1) is 0 Å². The van der Waals surface area contributed by atoms with Crippen LogP contribution in [0.1, 0.15) is 23.8 Å². The molecule has 0 saturated heterocycles. The molecule has 0 spiro atoms. The van der Waals surface area contributed by atoms with Crippen LogP contribution in [0.25, 0.3) is 22.0 Å². The summed E-state index contributed by atoms with van der Waals surface area (Å²) in [5, 5.41) is 11.8. The van der Waals surface area contributed by atoms with Crippen molar-refractivity contribution in [1.82, 2.24) is 15.5 Å². The van der Waals surface area contributed by atoms with Crippen LogP contribution in [-0.2, 0) is 0 Å². The third-order valence-corrected chi connectivity index (χ3v) is 4.28. The van der Waals surface area contributed by atoms with Crippen LogP contribution < -0.4 is 20.5 Å². The van der Waals surface area contributed by atoms with Crippen molar-refractivity contribution in [1.29, 1.82) is 0 Å². The van der Waals surface area contributed by atoms with Gasteiger partial charge in [0.05, 0.1) is 19.9 Å². The standard InChI is InChI=1S/C20H22N4O3/c1-4-10-22-20(25)19-17(21)14-7-5-6-13(18(14)23-24-19)12-8-9-15(26-2)16(11-12)27-3/h5-9,11H,4,10H2,1-3H3,(H2,21,23)(H,22,25). The molecule has 140 valence electrons. The van der Waals surface area contributed by atoms with Crippen molar-refractivity contribution in [2.45, 2.75) is 13.3 Å². The first-order valence-corrected chi connectivity index (χ1v) is 8.66. The Kier molecular flexibility index (Phi) is 5.40. The molecule has 0 aliphatic rings. The van der Waals surface area contributed by atoms with Gasteiger partial charge < -0.3 is 20.5 Å². The van der Waals surface area contributed by atoms with Gasteiger partial charge >= 0.3 is 0 Å². The van der Waals surface area contributed by atoms with E-state index in [0.717, 1.165) is 17.5 Å². The van der Waals surface area contributed by atoms with Crippen LogP contribution in [0.4, 0.5) is 5.69 Å². The highest BCUT2D eigenvalue weighted by molar-refractivity contribution is 6.07. The van der Waals surface area contributed by atoms with Gasteiger partial charge in [0.25, 0.3) is 5.91 Å². The number of rotatable bonds is 6. The van der Waals surface area contributed by atoms with E-state index in [4.69, 9.17) is 15.2 Å². The van der Waals surface area contributed by atoms with E-state index in [2.05, 4.69) is 15.5 Å². The normalized spacial score (nSPS) is 10.6. The zero-order valence-corrected chi connectivity index (χ0v) is 15.6. The van der Waals surface area contributed by atoms with Gasteiger partial charge in [0.15, 0.2) is 17.2 Å². The summed E-state index contributed by atoms with van der Waals surface area (Å²) in [6, 6.07) is 11.2. The third kappa shape index (κ3) is 3.48. The lowest BCUT2D eigenvalue weighted by Crippen LogP contribution is -2.26. The number of methoxy groups -OCH3 is 2. The van der Waals surface area contributed by atoms with E-state index in [1.54, 1.807) is 14.2 Å². The van der Waals surface area contributed by atoms with Crippen molar-refractivity contribution in [3.05, 3.63) is 42.1 Å². The van der Waals surface area contributed by atoms with Gasteiger partial charge in [-0.1, -0.05) is 31.2 Å². The number of hydrogen-bond acceptors (Lipinski definition) is 6. The number of aromatic nitrogens is 2. The summed E-state index contributed by atoms with van der Waals surface area (Å²) in [6.07, 6.45) is 0.829. The van der Waals surface area contributed by atoms with E-state index in [-0.39, 0.29) is 11.6 Å². The lowest BCUT2D eigenvalue weighted by Gasteiger charge is -2.12. The third-order valence-electron chi connectivity index (χ3n) is 4.28. The molecule has 7 nitrogen and oxygen atoms in total. The largest absolute Gasteiger partial charge is 0.493 e. The molecule has 1 amide bonds. The summed E-state index contributed by atoms with van der Waals surface area (Å²) in [4.78, 5) is 12.3. The van der Waals surface area contributed by atoms with Crippen molar-refractivity contribution in [2.24, 2.45) is 0 Å². The van der Waals surface area contributed by atoms with Gasteiger partial charge in [-0.2, -0.15) is 0 Å². The van der Waals surface area contributed by atoms with E-state index in [9.17, 15) is 4.79 Å². The Morgan fingerprint density at radius 3 is 2.59 bits per heavy atom. The quantitative estimate of drug-likeness (QED) is 0.696. The summed E-state index contributed by atoms with van der Waals surface area (Å²) in [5.41, 5.74) is 9.03. The van der Waals surface area contributed by atoms with Gasteiger partial charge in [-0.05, 0) is 24.1 Å². The molecule has 2 aromatic carbocycles. The second-order valence-electron chi connectivity index (χ2n) is 5.99. The predicted octanol–water partition coefficient (Wildman–Crippen LogP) is 3.04. The first-order valence-electron chi connectivity index (χ1n) is 8.66. The summed E-state index contributed by atoms with van der Waals surface area (Å²) in [5.74, 6) is 0.936. The molecule has 0 saturated carbocycles. The fraction of sp³-hybridized carbons (Fsp3) is 0.250. The molecule has 1 heterocycles. The fourth-order valence-corrected chi connectivity index (χ4v) is 2.88. The predicted molar refractivity (Wildman–Crippen MR) is 105 cm³/mol. The highest BCUT2D eigenvalue weighted by Gasteiger charge is 2.17. The molecular formula is C20H22N4O3. The average molecular weight is 366 g/mol. The molecule has 0 atom stereocenters. The van der Waals surface area contributed by atoms with Gasteiger partial charge in [0.2, 0.25) is 0 Å². The molecule has 3 aromatic rings. The summed E-state index contributed by atoms with van der Waals surface area (Å²) < 4.78 is 10.7. The van der Waals surface area contributed by atoms with E-state index in [1.807, 2.05) is 43.3 Å². The number of ether oxygens (including phenoxy) is 2. The Morgan fingerprint density at radius 2 is 1.89 bits per heavy atom. The monoisotopic (exact) mass is 366 g/mol. The van der Waals surface area contributed by atoms with E-state index >= 15 is 0 Å². The Morgan fingerprint density at radius 1 is 1.11 bits per heavy atom. The number of anilines is 1. The minimum atomic E-state index is -0.319. The maximum absolute atomic E-state index is 12.3. The summed E-state index contributed by atoms with van der Waals surface area (Å²) in [6.45, 7) is 2.54. The summed E-state index contributed by atoms with van der Waals surface area (Å²) in [7, 11) is 3.18. The van der Waals surface area contributed by atoms with Crippen molar-refractivity contribution >= 4 is 22.5 Å². The van der Waals surface area contributed by atoms with E-state index in [0.29, 0.717) is 34.6 Å². The van der Waals surface area contributed by atoms with Crippen molar-refractivity contribution in [3.63, 3.8) is 0 Å². The Balaban J connectivity index is 2.11. The number of fused-ring (bicyclic) bond motifs is 1. The Hall–Kier alpha value is -3.35. The molecule has 0 aliphatic carbocycles. The molecule has 0 bridgehead atoms. The number of nitrogens with two attached hydrogens (primary N) is 1. The van der Waals surface area contributed by atoms with E-state index in [1.165, 1.54) is 0 Å². The highest BCUT2D eigenvalue weighted by Crippen LogP contribution is 2.35. The molecule has 0 radical (unpaired) electrons. The maximum atomic E-state index is 12.3. The number of amides is 1. The minimum Gasteiger partial charge on any atom is -0.493 e. The molecule has 3 N–H and O–H groups in total. The number of carbonyl (C=O) groups excluding carboxylic acids is 1. The lowest BCUT2D eigenvalue weighted by molar-refractivity contribution is 0.0949. The molecule has 7 heteroatoms. The zero-order valence-electron chi connectivity index (χ0n) is 15.6. The van der Waals surface area contributed by atoms with Gasteiger partial charge in [0, 0.05) is 17.5 Å². The second kappa shape index (κ2) is 7.90. The molecule has 0 fully saturated rings. The zero-order chi connectivity index (χ0) is 19.4. The highest BCUT2D eigenvalue weighted by atomic mass is 16.5. The first-order chi connectivity index (χ1) is 13.1. The maximum Gasteiger partial charge on any atom is 0.273 e. The fourth-order valence-electron chi connectivity index (χ4n) is 2.88. The summed E-state index contributed by atoms with van der Waals surface area (Å²) >= 11 is 0. The van der Waals surface area contributed by atoms with Gasteiger partial charge in [0.1, 0.15) is 5.52 Å². The number of nitrogen functional groups attached to an aromatic ring is 1. The van der Waals surface area contributed by atoms with Crippen LogP contribution in [0.15, 0.2) is 36.4 Å². The van der Waals surface area contributed by atoms with Crippen LogP contribution >= 0.6 is 0 Å². The van der Waals surface area contributed by atoms with Crippen molar-refractivity contribution in [3.8, 4) is 22.6 Å². The first kappa shape index (κ1) is 18.4. The number of nitrogens with zero attached hydrogens (tertiary/aromatic N) is 2. The average Bonchev–Trinajstić information content (AvgIpc) is 2.71. The molecule has 0 aliphatic heterocycles. The van der Waals surface area contributed by atoms with Gasteiger partial charge in [-0.25, -0.2) is 0 Å². The van der Waals surface area contributed by atoms with Crippen molar-refractivity contribution < 1.29 is 14.3 Å². The van der Waals surface area contributed by atoms with Gasteiger partial charge in [-0.3, -0.25) is 4.79 Å². The molecule has 1 aromatic heterocycles. The minimum absolute atomic E-state index is 0.139. The van der Waals surface area contributed by atoms with E-state index < -0.39 is 0 Å². The number of benzene rings is 2. The van der Waals surface area contributed by atoms with Crippen LogP contribution in [0.5, 0.6) is 11.5 Å². The van der Waals surface area contributed by atoms with Crippen LogP contribution in [0.2, 0.25) is 0 Å². The number of carbonyl (C=O) groups is 1. The number of nitrogens with one attached hydrogen (secondary N) is 1. The molecule has 3 rings (SSSR count). The smallest absolute Gasteiger partial charge is 0.273 e. The van der Waals surface area contributed by atoms with Gasteiger partial charge in [-0.15, -0.1) is 10.2 Å². The molecular weight excluding hydrogens is 344 g/mol. The van der Waals surface area contributed by atoms with Crippen LogP contribution in [0.3, 0.4) is 0 Å². The lowest BCUT2D eigenvalue weighted by atomic mass is 10.0. The Bertz CT molecular complexity index is 988. The Labute approximate surface area is 157 Å². The molecule has 27 heavy (non-hydrogen) atoms.